The van der Waals surface area contributed by atoms with Gasteiger partial charge in [-0.15, -0.1) is 0 Å². The van der Waals surface area contributed by atoms with Crippen LogP contribution in [-0.4, -0.2) is 57.0 Å². The SMILES string of the molecule is CCCS(=O)(=O)CCN1CCCNC(C2CCCCC2)C1. The molecular weight excluding hydrogens is 284 g/mol. The van der Waals surface area contributed by atoms with E-state index in [2.05, 4.69) is 10.2 Å². The van der Waals surface area contributed by atoms with Crippen molar-refractivity contribution in [3.63, 3.8) is 0 Å². The fraction of sp³-hybridized carbons (Fsp3) is 1.00. The molecular formula is C16H32N2O2S. The molecule has 1 N–H and O–H groups in total. The van der Waals surface area contributed by atoms with Gasteiger partial charge in [0.2, 0.25) is 0 Å². The van der Waals surface area contributed by atoms with Crippen molar-refractivity contribution in [2.24, 2.45) is 5.92 Å². The van der Waals surface area contributed by atoms with Crippen LogP contribution in [0.1, 0.15) is 51.9 Å². The van der Waals surface area contributed by atoms with Gasteiger partial charge < -0.3 is 10.2 Å². The Morgan fingerprint density at radius 1 is 1.10 bits per heavy atom. The molecule has 0 spiro atoms. The molecule has 0 amide bonds. The van der Waals surface area contributed by atoms with Gasteiger partial charge in [0.15, 0.2) is 9.84 Å². The summed E-state index contributed by atoms with van der Waals surface area (Å²) in [6.07, 6.45) is 8.69. The number of sulfone groups is 1. The molecule has 2 fully saturated rings. The van der Waals surface area contributed by atoms with Crippen LogP contribution in [0.2, 0.25) is 0 Å². The van der Waals surface area contributed by atoms with E-state index >= 15 is 0 Å². The Balaban J connectivity index is 1.84. The standard InChI is InChI=1S/C16H32N2O2S/c1-2-12-21(19,20)13-11-18-10-6-9-17-16(14-18)15-7-4-3-5-8-15/h15-17H,2-14H2,1H3. The predicted octanol–water partition coefficient (Wildman–Crippen LogP) is 2.06. The largest absolute Gasteiger partial charge is 0.312 e. The second kappa shape index (κ2) is 8.49. The number of hydrogen-bond donors (Lipinski definition) is 1. The molecule has 1 unspecified atom stereocenters. The van der Waals surface area contributed by atoms with Crippen molar-refractivity contribution in [3.8, 4) is 0 Å². The van der Waals surface area contributed by atoms with Crippen LogP contribution in [-0.2, 0) is 9.84 Å². The first-order chi connectivity index (χ1) is 10.1. The number of nitrogens with zero attached hydrogens (tertiary/aromatic N) is 1. The third-order valence-corrected chi connectivity index (χ3v) is 6.80. The van der Waals surface area contributed by atoms with Crippen LogP contribution in [0.15, 0.2) is 0 Å². The lowest BCUT2D eigenvalue weighted by atomic mass is 9.83. The Bertz CT molecular complexity index is 391. The molecule has 2 rings (SSSR count). The summed E-state index contributed by atoms with van der Waals surface area (Å²) in [7, 11) is -2.85. The van der Waals surface area contributed by atoms with E-state index in [9.17, 15) is 8.42 Å². The minimum Gasteiger partial charge on any atom is -0.312 e. The van der Waals surface area contributed by atoms with Crippen molar-refractivity contribution in [1.29, 1.82) is 0 Å². The Morgan fingerprint density at radius 3 is 2.57 bits per heavy atom. The van der Waals surface area contributed by atoms with Crippen molar-refractivity contribution >= 4 is 9.84 Å². The summed E-state index contributed by atoms with van der Waals surface area (Å²) in [5.74, 6) is 1.47. The number of rotatable bonds is 6. The molecule has 21 heavy (non-hydrogen) atoms. The van der Waals surface area contributed by atoms with Crippen molar-refractivity contribution in [2.75, 3.05) is 37.7 Å². The third kappa shape index (κ3) is 5.87. The summed E-state index contributed by atoms with van der Waals surface area (Å²) in [5, 5.41) is 3.71. The molecule has 1 atom stereocenters. The Kier molecular flexibility index (Phi) is 6.96. The molecule has 1 saturated carbocycles. The fourth-order valence-electron chi connectivity index (χ4n) is 3.76. The molecule has 2 aliphatic rings. The molecule has 4 nitrogen and oxygen atoms in total. The van der Waals surface area contributed by atoms with Crippen LogP contribution in [0.4, 0.5) is 0 Å². The zero-order chi connectivity index (χ0) is 15.1. The highest BCUT2D eigenvalue weighted by Crippen LogP contribution is 2.27. The maximum Gasteiger partial charge on any atom is 0.151 e. The summed E-state index contributed by atoms with van der Waals surface area (Å²) in [6, 6.07) is 0.571. The zero-order valence-corrected chi connectivity index (χ0v) is 14.3. The maximum atomic E-state index is 11.9. The van der Waals surface area contributed by atoms with Crippen LogP contribution in [0, 0.1) is 5.92 Å². The van der Waals surface area contributed by atoms with Crippen LogP contribution in [0.5, 0.6) is 0 Å². The molecule has 0 radical (unpaired) electrons. The van der Waals surface area contributed by atoms with Crippen LogP contribution in [0.25, 0.3) is 0 Å². The van der Waals surface area contributed by atoms with Crippen molar-refractivity contribution in [1.82, 2.24) is 10.2 Å². The van der Waals surface area contributed by atoms with Crippen molar-refractivity contribution in [3.05, 3.63) is 0 Å². The normalized spacial score (nSPS) is 26.6. The molecule has 1 aliphatic carbocycles. The van der Waals surface area contributed by atoms with E-state index in [1.54, 1.807) is 0 Å². The minimum atomic E-state index is -2.85. The second-order valence-corrected chi connectivity index (χ2v) is 9.07. The maximum absolute atomic E-state index is 11.9. The van der Waals surface area contributed by atoms with Gasteiger partial charge in [0.1, 0.15) is 0 Å². The first-order valence-electron chi connectivity index (χ1n) is 8.77. The third-order valence-electron chi connectivity index (χ3n) is 4.97. The van der Waals surface area contributed by atoms with Crippen LogP contribution < -0.4 is 5.32 Å². The van der Waals surface area contributed by atoms with Gasteiger partial charge in [-0.05, 0) is 44.7 Å². The average molecular weight is 317 g/mol. The summed E-state index contributed by atoms with van der Waals surface area (Å²) in [6.45, 7) is 5.81. The van der Waals surface area contributed by atoms with Gasteiger partial charge in [-0.3, -0.25) is 0 Å². The summed E-state index contributed by atoms with van der Waals surface area (Å²) >= 11 is 0. The number of nitrogens with one attached hydrogen (secondary N) is 1. The monoisotopic (exact) mass is 316 g/mol. The minimum absolute atomic E-state index is 0.332. The molecule has 0 aromatic heterocycles. The van der Waals surface area contributed by atoms with E-state index < -0.39 is 9.84 Å². The van der Waals surface area contributed by atoms with Crippen LogP contribution in [0.3, 0.4) is 0 Å². The lowest BCUT2D eigenvalue weighted by Gasteiger charge is -2.32. The molecule has 0 aromatic carbocycles. The highest BCUT2D eigenvalue weighted by atomic mass is 32.2. The van der Waals surface area contributed by atoms with E-state index in [0.29, 0.717) is 24.1 Å². The number of hydrogen-bond acceptors (Lipinski definition) is 4. The van der Waals surface area contributed by atoms with Gasteiger partial charge >= 0.3 is 0 Å². The average Bonchev–Trinajstić information content (AvgIpc) is 2.72. The van der Waals surface area contributed by atoms with Gasteiger partial charge in [-0.2, -0.15) is 0 Å². The molecule has 1 saturated heterocycles. The first-order valence-corrected chi connectivity index (χ1v) is 10.6. The summed E-state index contributed by atoms with van der Waals surface area (Å²) in [4.78, 5) is 2.38. The second-order valence-electron chi connectivity index (χ2n) is 6.76. The highest BCUT2D eigenvalue weighted by molar-refractivity contribution is 7.91. The first kappa shape index (κ1) is 17.2. The van der Waals surface area contributed by atoms with Gasteiger partial charge in [-0.25, -0.2) is 8.42 Å². The Labute approximate surface area is 130 Å². The van der Waals surface area contributed by atoms with E-state index in [4.69, 9.17) is 0 Å². The highest BCUT2D eigenvalue weighted by Gasteiger charge is 2.27. The van der Waals surface area contributed by atoms with Gasteiger partial charge in [0.05, 0.1) is 5.75 Å². The van der Waals surface area contributed by atoms with E-state index in [-0.39, 0.29) is 0 Å². The summed E-state index contributed by atoms with van der Waals surface area (Å²) < 4.78 is 23.8. The zero-order valence-electron chi connectivity index (χ0n) is 13.5. The fourth-order valence-corrected chi connectivity index (χ4v) is 5.12. The van der Waals surface area contributed by atoms with Gasteiger partial charge in [0.25, 0.3) is 0 Å². The molecule has 1 aliphatic heterocycles. The predicted molar refractivity (Wildman–Crippen MR) is 88.4 cm³/mol. The van der Waals surface area contributed by atoms with Gasteiger partial charge in [-0.1, -0.05) is 26.2 Å². The lowest BCUT2D eigenvalue weighted by molar-refractivity contribution is 0.212. The van der Waals surface area contributed by atoms with E-state index in [1.165, 1.54) is 32.1 Å². The van der Waals surface area contributed by atoms with Gasteiger partial charge in [0, 0.05) is 24.9 Å². The molecule has 0 aromatic rings. The van der Waals surface area contributed by atoms with Crippen molar-refractivity contribution < 1.29 is 8.42 Å². The van der Waals surface area contributed by atoms with Crippen LogP contribution >= 0.6 is 0 Å². The topological polar surface area (TPSA) is 49.4 Å². The van der Waals surface area contributed by atoms with E-state index in [1.807, 2.05) is 6.92 Å². The summed E-state index contributed by atoms with van der Waals surface area (Å²) in [5.41, 5.74) is 0. The Morgan fingerprint density at radius 2 is 1.86 bits per heavy atom. The Hall–Kier alpha value is -0.130. The molecule has 1 heterocycles. The van der Waals surface area contributed by atoms with E-state index in [0.717, 1.165) is 38.4 Å². The lowest BCUT2D eigenvalue weighted by Crippen LogP contribution is -2.44. The quantitative estimate of drug-likeness (QED) is 0.815. The smallest absolute Gasteiger partial charge is 0.151 e. The molecule has 0 bridgehead atoms. The van der Waals surface area contributed by atoms with Crippen molar-refractivity contribution in [2.45, 2.75) is 57.9 Å². The molecule has 124 valence electrons. The molecule has 5 heteroatoms.